The number of hydrogen-bond donors (Lipinski definition) is 0. The van der Waals surface area contributed by atoms with Crippen LogP contribution in [0.5, 0.6) is 0 Å². The van der Waals surface area contributed by atoms with Crippen molar-refractivity contribution in [2.45, 2.75) is 19.3 Å². The van der Waals surface area contributed by atoms with E-state index in [4.69, 9.17) is 0 Å². The second-order valence-electron chi connectivity index (χ2n) is 16.5. The van der Waals surface area contributed by atoms with Gasteiger partial charge in [-0.15, -0.1) is 0 Å². The molecule has 59 heavy (non-hydrogen) atoms. The molecule has 0 unspecified atom stereocenters. The molecule has 0 amide bonds. The summed E-state index contributed by atoms with van der Waals surface area (Å²) < 4.78 is 0. The van der Waals surface area contributed by atoms with E-state index in [-0.39, 0.29) is 5.41 Å². The highest BCUT2D eigenvalue weighted by Crippen LogP contribution is 2.51. The topological polar surface area (TPSA) is 0 Å². The van der Waals surface area contributed by atoms with Gasteiger partial charge in [-0.2, -0.15) is 0 Å². The van der Waals surface area contributed by atoms with Gasteiger partial charge in [-0.3, -0.25) is 0 Å². The average Bonchev–Trinajstić information content (AvgIpc) is 3.53. The lowest BCUT2D eigenvalue weighted by molar-refractivity contribution is 0.660. The molecule has 0 aliphatic heterocycles. The predicted octanol–water partition coefficient (Wildman–Crippen LogP) is 16.0. The van der Waals surface area contributed by atoms with Crippen molar-refractivity contribution in [2.24, 2.45) is 0 Å². The molecule has 0 aromatic heterocycles. The first-order chi connectivity index (χ1) is 29.0. The van der Waals surface area contributed by atoms with Crippen LogP contribution in [-0.2, 0) is 5.41 Å². The number of hydrogen-bond acceptors (Lipinski definition) is 0. The maximum Gasteiger partial charge on any atom is 0.0159 e. The Hall–Kier alpha value is -7.28. The molecule has 0 bridgehead atoms. The number of rotatable bonds is 6. The second-order valence-corrected chi connectivity index (χ2v) is 16.5. The standard InChI is InChI=1S/C59H42/c1-59(2)55-24-14-13-21-48(55)49-33-32-47(38-56(49)59)58-51-23-12-11-22-50(51)57(52-34-31-46(37-54(52)58)45-30-29-40-15-9-10-20-44(40)36-45)43-27-25-39(26-28-43)35-53(41-16-5-3-6-17-41)42-18-7-4-8-19-42/h3-38H,1-2H3. The minimum absolute atomic E-state index is 0.0964. The highest BCUT2D eigenvalue weighted by atomic mass is 14.4. The summed E-state index contributed by atoms with van der Waals surface area (Å²) in [6, 6.07) is 78.4. The van der Waals surface area contributed by atoms with E-state index in [1.54, 1.807) is 0 Å². The van der Waals surface area contributed by atoms with Crippen LogP contribution >= 0.6 is 0 Å². The molecule has 0 radical (unpaired) electrons. The van der Waals surface area contributed by atoms with Crippen LogP contribution in [0.1, 0.15) is 41.7 Å². The average molecular weight is 751 g/mol. The largest absolute Gasteiger partial charge is 0.0622 e. The SMILES string of the molecule is CC1(C)c2ccccc2-c2ccc(-c3c4ccccc4c(-c4ccc(C=C(c5ccccc5)c5ccccc5)cc4)c4ccc(-c5ccc6ccccc6c5)cc34)cc21. The lowest BCUT2D eigenvalue weighted by Crippen LogP contribution is -2.14. The number of fused-ring (bicyclic) bond motifs is 6. The normalized spacial score (nSPS) is 12.7. The van der Waals surface area contributed by atoms with Gasteiger partial charge in [0.1, 0.15) is 0 Å². The number of benzene rings is 10. The molecule has 0 fully saturated rings. The Morgan fingerprint density at radius 2 is 0.881 bits per heavy atom. The van der Waals surface area contributed by atoms with Crippen LogP contribution in [0.3, 0.4) is 0 Å². The molecule has 278 valence electrons. The third-order valence-electron chi connectivity index (χ3n) is 12.7. The zero-order chi connectivity index (χ0) is 39.5. The quantitative estimate of drug-likeness (QED) is 0.117. The molecule has 0 nitrogen and oxygen atoms in total. The van der Waals surface area contributed by atoms with E-state index >= 15 is 0 Å². The Kier molecular flexibility index (Phi) is 8.27. The molecule has 1 aliphatic carbocycles. The van der Waals surface area contributed by atoms with Crippen LogP contribution in [0, 0.1) is 0 Å². The summed E-state index contributed by atoms with van der Waals surface area (Å²) in [7, 11) is 0. The van der Waals surface area contributed by atoms with Crippen LogP contribution in [0.25, 0.3) is 88.5 Å². The van der Waals surface area contributed by atoms with Gasteiger partial charge in [0.15, 0.2) is 0 Å². The van der Waals surface area contributed by atoms with Gasteiger partial charge in [0, 0.05) is 5.41 Å². The van der Waals surface area contributed by atoms with Gasteiger partial charge in [-0.1, -0.05) is 208 Å². The van der Waals surface area contributed by atoms with Gasteiger partial charge in [0.25, 0.3) is 0 Å². The van der Waals surface area contributed by atoms with Crippen LogP contribution in [0.4, 0.5) is 0 Å². The molecule has 0 atom stereocenters. The molecule has 0 spiro atoms. The third kappa shape index (κ3) is 5.91. The summed E-state index contributed by atoms with van der Waals surface area (Å²) in [5, 5.41) is 7.54. The fraction of sp³-hybridized carbons (Fsp3) is 0.0508. The molecule has 10 aromatic carbocycles. The first-order valence-electron chi connectivity index (χ1n) is 20.7. The predicted molar refractivity (Wildman–Crippen MR) is 253 cm³/mol. The molecule has 0 heteroatoms. The van der Waals surface area contributed by atoms with Crippen molar-refractivity contribution in [3.8, 4) is 44.5 Å². The Balaban J connectivity index is 1.13. The van der Waals surface area contributed by atoms with Gasteiger partial charge < -0.3 is 0 Å². The van der Waals surface area contributed by atoms with E-state index in [1.165, 1.54) is 110 Å². The maximum atomic E-state index is 2.48. The minimum Gasteiger partial charge on any atom is -0.0622 e. The summed E-state index contributed by atoms with van der Waals surface area (Å²) in [6.07, 6.45) is 2.32. The summed E-state index contributed by atoms with van der Waals surface area (Å²) in [4.78, 5) is 0. The van der Waals surface area contributed by atoms with Crippen molar-refractivity contribution < 1.29 is 0 Å². The van der Waals surface area contributed by atoms with Crippen molar-refractivity contribution in [3.63, 3.8) is 0 Å². The molecule has 0 N–H and O–H groups in total. The van der Waals surface area contributed by atoms with E-state index in [2.05, 4.69) is 232 Å². The molecular formula is C59H42. The van der Waals surface area contributed by atoms with E-state index < -0.39 is 0 Å². The zero-order valence-corrected chi connectivity index (χ0v) is 33.3. The third-order valence-corrected chi connectivity index (χ3v) is 12.7. The summed E-state index contributed by atoms with van der Waals surface area (Å²) in [5.41, 5.74) is 17.6. The fourth-order valence-corrected chi connectivity index (χ4v) is 9.69. The van der Waals surface area contributed by atoms with Crippen LogP contribution in [-0.4, -0.2) is 0 Å². The highest BCUT2D eigenvalue weighted by molar-refractivity contribution is 6.22. The Morgan fingerprint density at radius 1 is 0.356 bits per heavy atom. The Morgan fingerprint density at radius 3 is 1.61 bits per heavy atom. The Bertz CT molecular complexity index is 3210. The summed E-state index contributed by atoms with van der Waals surface area (Å²) in [5.74, 6) is 0. The zero-order valence-electron chi connectivity index (χ0n) is 33.3. The highest BCUT2D eigenvalue weighted by Gasteiger charge is 2.35. The van der Waals surface area contributed by atoms with Gasteiger partial charge >= 0.3 is 0 Å². The van der Waals surface area contributed by atoms with Crippen LogP contribution < -0.4 is 0 Å². The maximum absolute atomic E-state index is 2.48. The molecule has 11 rings (SSSR count). The second kappa shape index (κ2) is 14.0. The summed E-state index contributed by atoms with van der Waals surface area (Å²) >= 11 is 0. The molecule has 0 saturated carbocycles. The monoisotopic (exact) mass is 750 g/mol. The molecule has 0 saturated heterocycles. The molecule has 1 aliphatic rings. The van der Waals surface area contributed by atoms with E-state index in [0.29, 0.717) is 0 Å². The smallest absolute Gasteiger partial charge is 0.0159 e. The first-order valence-corrected chi connectivity index (χ1v) is 20.7. The molecular weight excluding hydrogens is 709 g/mol. The summed E-state index contributed by atoms with van der Waals surface area (Å²) in [6.45, 7) is 4.75. The van der Waals surface area contributed by atoms with E-state index in [1.807, 2.05) is 0 Å². The minimum atomic E-state index is -0.0964. The first kappa shape index (κ1) is 34.9. The van der Waals surface area contributed by atoms with E-state index in [0.717, 1.165) is 0 Å². The van der Waals surface area contributed by atoms with Crippen molar-refractivity contribution in [2.75, 3.05) is 0 Å². The molecule has 0 heterocycles. The Labute approximate surface area is 346 Å². The van der Waals surface area contributed by atoms with E-state index in [9.17, 15) is 0 Å². The van der Waals surface area contributed by atoms with Crippen LogP contribution in [0.15, 0.2) is 212 Å². The van der Waals surface area contributed by atoms with Crippen molar-refractivity contribution in [1.82, 2.24) is 0 Å². The van der Waals surface area contributed by atoms with Gasteiger partial charge in [0.05, 0.1) is 0 Å². The lowest BCUT2D eigenvalue weighted by Gasteiger charge is -2.23. The van der Waals surface area contributed by atoms with Gasteiger partial charge in [-0.05, 0) is 134 Å². The molecule has 10 aromatic rings. The van der Waals surface area contributed by atoms with Crippen molar-refractivity contribution >= 4 is 44.0 Å². The van der Waals surface area contributed by atoms with Gasteiger partial charge in [0.2, 0.25) is 0 Å². The van der Waals surface area contributed by atoms with Crippen LogP contribution in [0.2, 0.25) is 0 Å². The van der Waals surface area contributed by atoms with Crippen molar-refractivity contribution in [3.05, 3.63) is 240 Å². The van der Waals surface area contributed by atoms with Crippen molar-refractivity contribution in [1.29, 1.82) is 0 Å². The lowest BCUT2D eigenvalue weighted by atomic mass is 9.80. The van der Waals surface area contributed by atoms with Gasteiger partial charge in [-0.25, -0.2) is 0 Å². The fourth-order valence-electron chi connectivity index (χ4n) is 9.69.